The zero-order valence-corrected chi connectivity index (χ0v) is 15.4. The van der Waals surface area contributed by atoms with Crippen molar-refractivity contribution in [3.05, 3.63) is 81.4 Å². The molecule has 0 saturated carbocycles. The van der Waals surface area contributed by atoms with Crippen LogP contribution in [0, 0.1) is 10.1 Å². The highest BCUT2D eigenvalue weighted by molar-refractivity contribution is 7.17. The number of thiophene rings is 1. The number of rotatable bonds is 4. The lowest BCUT2D eigenvalue weighted by molar-refractivity contribution is -0.380. The molecule has 4 aromatic rings. The van der Waals surface area contributed by atoms with E-state index in [9.17, 15) is 19.7 Å². The molecule has 29 heavy (non-hydrogen) atoms. The van der Waals surface area contributed by atoms with Crippen molar-refractivity contribution in [2.75, 3.05) is 0 Å². The van der Waals surface area contributed by atoms with Gasteiger partial charge in [-0.3, -0.25) is 30.6 Å². The molecular weight excluding hydrogens is 396 g/mol. The average molecular weight is 408 g/mol. The Morgan fingerprint density at radius 2 is 1.83 bits per heavy atom. The highest BCUT2D eigenvalue weighted by atomic mass is 32.1. The number of furan rings is 1. The fraction of sp³-hybridized carbons (Fsp3) is 0. The molecule has 9 nitrogen and oxygen atoms in total. The van der Waals surface area contributed by atoms with Crippen molar-refractivity contribution < 1.29 is 18.9 Å². The van der Waals surface area contributed by atoms with Crippen LogP contribution in [0.25, 0.3) is 22.4 Å². The van der Waals surface area contributed by atoms with Crippen LogP contribution in [0.4, 0.5) is 5.00 Å². The fourth-order valence-electron chi connectivity index (χ4n) is 2.70. The van der Waals surface area contributed by atoms with E-state index in [1.165, 1.54) is 18.4 Å². The second-order valence-electron chi connectivity index (χ2n) is 5.85. The van der Waals surface area contributed by atoms with Gasteiger partial charge in [-0.05, 0) is 30.3 Å². The van der Waals surface area contributed by atoms with Gasteiger partial charge in [-0.1, -0.05) is 29.5 Å². The Kier molecular flexibility index (Phi) is 4.75. The molecule has 1 aromatic carbocycles. The smallest absolute Gasteiger partial charge is 0.324 e. The minimum absolute atomic E-state index is 0.105. The molecule has 3 aromatic heterocycles. The molecule has 0 saturated heterocycles. The molecule has 4 rings (SSSR count). The number of benzene rings is 1. The van der Waals surface area contributed by atoms with Crippen molar-refractivity contribution in [3.8, 4) is 11.5 Å². The number of hydrazine groups is 1. The standard InChI is InChI=1S/C19H12N4O5S/c24-18(21-22-19(25)16-7-8-17(29-16)23(26)27)12-10-14(15-6-3-9-28-15)20-13-5-2-1-4-11(12)13/h1-10H,(H,21,24)(H,22,25). The maximum absolute atomic E-state index is 12.7. The first-order valence-corrected chi connectivity index (χ1v) is 9.13. The number of nitrogens with zero attached hydrogens (tertiary/aromatic N) is 2. The number of fused-ring (bicyclic) bond motifs is 1. The van der Waals surface area contributed by atoms with E-state index < -0.39 is 16.7 Å². The van der Waals surface area contributed by atoms with Gasteiger partial charge in [-0.15, -0.1) is 0 Å². The van der Waals surface area contributed by atoms with Gasteiger partial charge in [0.05, 0.1) is 22.3 Å². The Morgan fingerprint density at radius 3 is 2.55 bits per heavy atom. The normalized spacial score (nSPS) is 10.6. The number of nitrogens with one attached hydrogen (secondary N) is 2. The van der Waals surface area contributed by atoms with Crippen LogP contribution in [0.15, 0.2) is 65.3 Å². The lowest BCUT2D eigenvalue weighted by atomic mass is 10.1. The number of carbonyl (C=O) groups is 2. The number of hydrogen-bond acceptors (Lipinski definition) is 7. The molecule has 0 aliphatic carbocycles. The van der Waals surface area contributed by atoms with E-state index in [0.29, 0.717) is 39.3 Å². The summed E-state index contributed by atoms with van der Waals surface area (Å²) < 4.78 is 5.36. The summed E-state index contributed by atoms with van der Waals surface area (Å²) >= 11 is 0.715. The van der Waals surface area contributed by atoms with Gasteiger partial charge in [-0.25, -0.2) is 4.98 Å². The number of pyridine rings is 1. The third-order valence-corrected chi connectivity index (χ3v) is 5.06. The number of amides is 2. The van der Waals surface area contributed by atoms with Crippen LogP contribution in [0.1, 0.15) is 20.0 Å². The summed E-state index contributed by atoms with van der Waals surface area (Å²) in [5.74, 6) is -0.711. The summed E-state index contributed by atoms with van der Waals surface area (Å²) in [7, 11) is 0. The molecule has 2 N–H and O–H groups in total. The third kappa shape index (κ3) is 3.69. The van der Waals surface area contributed by atoms with Gasteiger partial charge in [0.1, 0.15) is 10.6 Å². The van der Waals surface area contributed by atoms with Crippen molar-refractivity contribution in [1.29, 1.82) is 0 Å². The molecule has 0 atom stereocenters. The number of aromatic nitrogens is 1. The van der Waals surface area contributed by atoms with Crippen molar-refractivity contribution in [2.24, 2.45) is 0 Å². The van der Waals surface area contributed by atoms with Crippen molar-refractivity contribution in [1.82, 2.24) is 15.8 Å². The zero-order chi connectivity index (χ0) is 20.4. The van der Waals surface area contributed by atoms with E-state index in [1.807, 2.05) is 0 Å². The SMILES string of the molecule is O=C(NNC(=O)c1cc(-c2ccco2)nc2ccccc12)c1ccc([N+](=O)[O-])s1. The van der Waals surface area contributed by atoms with Gasteiger partial charge in [0.25, 0.3) is 11.8 Å². The molecule has 0 aliphatic rings. The highest BCUT2D eigenvalue weighted by Gasteiger charge is 2.18. The topological polar surface area (TPSA) is 127 Å². The number of nitro groups is 1. The quantitative estimate of drug-likeness (QED) is 0.393. The van der Waals surface area contributed by atoms with Crippen molar-refractivity contribution in [2.45, 2.75) is 0 Å². The lowest BCUT2D eigenvalue weighted by Gasteiger charge is -2.10. The average Bonchev–Trinajstić information content (AvgIpc) is 3.43. The van der Waals surface area contributed by atoms with E-state index in [2.05, 4.69) is 15.8 Å². The van der Waals surface area contributed by atoms with Gasteiger partial charge in [0.2, 0.25) is 0 Å². The van der Waals surface area contributed by atoms with Crippen LogP contribution >= 0.6 is 11.3 Å². The monoisotopic (exact) mass is 408 g/mol. The summed E-state index contributed by atoms with van der Waals surface area (Å²) in [6.07, 6.45) is 1.51. The first kappa shape index (κ1) is 18.3. The largest absolute Gasteiger partial charge is 0.463 e. The summed E-state index contributed by atoms with van der Waals surface area (Å²) in [5, 5.41) is 11.2. The molecule has 0 spiro atoms. The van der Waals surface area contributed by atoms with Gasteiger partial charge in [0, 0.05) is 11.5 Å². The summed E-state index contributed by atoms with van der Waals surface area (Å²) in [5.41, 5.74) is 5.97. The number of carbonyl (C=O) groups excluding carboxylic acids is 2. The molecule has 0 fully saturated rings. The van der Waals surface area contributed by atoms with Crippen LogP contribution in [0.5, 0.6) is 0 Å². The van der Waals surface area contributed by atoms with Gasteiger partial charge < -0.3 is 4.42 Å². The summed E-state index contributed by atoms with van der Waals surface area (Å²) in [6.45, 7) is 0. The van der Waals surface area contributed by atoms with E-state index >= 15 is 0 Å². The van der Waals surface area contributed by atoms with Crippen LogP contribution in [0.3, 0.4) is 0 Å². The Hall–Kier alpha value is -4.05. The molecule has 144 valence electrons. The van der Waals surface area contributed by atoms with E-state index in [-0.39, 0.29) is 9.88 Å². The minimum Gasteiger partial charge on any atom is -0.463 e. The van der Waals surface area contributed by atoms with Crippen molar-refractivity contribution in [3.63, 3.8) is 0 Å². The first-order chi connectivity index (χ1) is 14.0. The molecule has 3 heterocycles. The van der Waals surface area contributed by atoms with Crippen LogP contribution in [-0.2, 0) is 0 Å². The predicted octanol–water partition coefficient (Wildman–Crippen LogP) is 3.54. The fourth-order valence-corrected chi connectivity index (χ4v) is 3.42. The highest BCUT2D eigenvalue weighted by Crippen LogP contribution is 2.25. The Balaban J connectivity index is 1.59. The molecule has 2 amide bonds. The molecular formula is C19H12N4O5S. The second kappa shape index (κ2) is 7.52. The number of para-hydroxylation sites is 1. The Morgan fingerprint density at radius 1 is 1.03 bits per heavy atom. The maximum Gasteiger partial charge on any atom is 0.324 e. The van der Waals surface area contributed by atoms with Crippen LogP contribution in [0.2, 0.25) is 0 Å². The molecule has 10 heteroatoms. The second-order valence-corrected chi connectivity index (χ2v) is 6.91. The molecule has 0 radical (unpaired) electrons. The van der Waals surface area contributed by atoms with Crippen molar-refractivity contribution >= 4 is 39.1 Å². The molecule has 0 unspecified atom stereocenters. The van der Waals surface area contributed by atoms with E-state index in [0.717, 1.165) is 0 Å². The summed E-state index contributed by atoms with van der Waals surface area (Å²) in [6, 6.07) is 14.6. The Labute approximate surface area is 167 Å². The van der Waals surface area contributed by atoms with E-state index in [1.54, 1.807) is 42.5 Å². The zero-order valence-electron chi connectivity index (χ0n) is 14.6. The van der Waals surface area contributed by atoms with Crippen LogP contribution in [-0.4, -0.2) is 21.7 Å². The summed E-state index contributed by atoms with van der Waals surface area (Å²) in [4.78, 5) is 39.7. The Bertz CT molecular complexity index is 1230. The number of hydrogen-bond donors (Lipinski definition) is 2. The van der Waals surface area contributed by atoms with Gasteiger partial charge in [0.15, 0.2) is 5.76 Å². The van der Waals surface area contributed by atoms with E-state index in [4.69, 9.17) is 4.42 Å². The maximum atomic E-state index is 12.7. The first-order valence-electron chi connectivity index (χ1n) is 8.31. The predicted molar refractivity (Wildman–Crippen MR) is 105 cm³/mol. The van der Waals surface area contributed by atoms with Gasteiger partial charge in [-0.2, -0.15) is 0 Å². The molecule has 0 aliphatic heterocycles. The van der Waals surface area contributed by atoms with Crippen LogP contribution < -0.4 is 10.9 Å². The van der Waals surface area contributed by atoms with Gasteiger partial charge >= 0.3 is 5.00 Å². The minimum atomic E-state index is -0.652. The third-order valence-electron chi connectivity index (χ3n) is 4.02. The lowest BCUT2D eigenvalue weighted by Crippen LogP contribution is -2.41. The molecule has 0 bridgehead atoms.